The van der Waals surface area contributed by atoms with E-state index in [0.29, 0.717) is 24.2 Å². The molecule has 0 aliphatic carbocycles. The maximum atomic E-state index is 13.0. The molecule has 5 heteroatoms. The molecule has 0 saturated carbocycles. The molecule has 0 atom stereocenters. The summed E-state index contributed by atoms with van der Waals surface area (Å²) in [7, 11) is 0. The Bertz CT molecular complexity index is 370. The van der Waals surface area contributed by atoms with Crippen molar-refractivity contribution in [1.82, 2.24) is 0 Å². The van der Waals surface area contributed by atoms with Gasteiger partial charge < -0.3 is 5.32 Å². The van der Waals surface area contributed by atoms with Gasteiger partial charge in [0, 0.05) is 12.2 Å². The van der Waals surface area contributed by atoms with Crippen LogP contribution in [0.3, 0.4) is 0 Å². The minimum Gasteiger partial charge on any atom is -0.384 e. The second-order valence-corrected chi connectivity index (χ2v) is 3.16. The van der Waals surface area contributed by atoms with E-state index in [1.165, 1.54) is 0 Å². The van der Waals surface area contributed by atoms with Gasteiger partial charge in [0.1, 0.15) is 5.82 Å². The topological polar surface area (TPSA) is 12.0 Å². The Kier molecular flexibility index (Phi) is 1.90. The highest BCUT2D eigenvalue weighted by Crippen LogP contribution is 2.35. The Morgan fingerprint density at radius 1 is 1.21 bits per heavy atom. The van der Waals surface area contributed by atoms with Gasteiger partial charge in [0.05, 0.1) is 5.56 Å². The lowest BCUT2D eigenvalue weighted by Crippen LogP contribution is -2.08. The van der Waals surface area contributed by atoms with Crippen molar-refractivity contribution in [2.75, 3.05) is 11.9 Å². The summed E-state index contributed by atoms with van der Waals surface area (Å²) >= 11 is 0. The number of alkyl halides is 3. The van der Waals surface area contributed by atoms with E-state index in [-0.39, 0.29) is 0 Å². The van der Waals surface area contributed by atoms with Crippen LogP contribution in [0.25, 0.3) is 0 Å². The SMILES string of the molecule is Fc1cc2c(cc1C(F)(F)F)NCC2. The molecule has 0 spiro atoms. The highest BCUT2D eigenvalue weighted by molar-refractivity contribution is 5.57. The van der Waals surface area contributed by atoms with E-state index in [2.05, 4.69) is 5.32 Å². The lowest BCUT2D eigenvalue weighted by Gasteiger charge is -2.09. The van der Waals surface area contributed by atoms with Crippen molar-refractivity contribution in [2.24, 2.45) is 0 Å². The fourth-order valence-electron chi connectivity index (χ4n) is 1.53. The number of rotatable bonds is 0. The molecule has 0 aromatic heterocycles. The molecular formula is C9H7F4N. The Labute approximate surface area is 77.7 Å². The van der Waals surface area contributed by atoms with Crippen molar-refractivity contribution in [3.8, 4) is 0 Å². The number of fused-ring (bicyclic) bond motifs is 1. The van der Waals surface area contributed by atoms with Gasteiger partial charge in [0.15, 0.2) is 0 Å². The third-order valence-electron chi connectivity index (χ3n) is 2.21. The average Bonchev–Trinajstić information content (AvgIpc) is 2.47. The standard InChI is InChI=1S/C9H7F4N/c10-7-3-5-1-2-14-8(5)4-6(7)9(11,12)13/h3-4,14H,1-2H2. The maximum absolute atomic E-state index is 13.0. The molecule has 0 saturated heterocycles. The molecule has 76 valence electrons. The molecule has 1 aliphatic heterocycles. The van der Waals surface area contributed by atoms with Gasteiger partial charge in [-0.05, 0) is 24.1 Å². The lowest BCUT2D eigenvalue weighted by molar-refractivity contribution is -0.139. The first-order valence-electron chi connectivity index (χ1n) is 4.12. The quantitative estimate of drug-likeness (QED) is 0.642. The highest BCUT2D eigenvalue weighted by atomic mass is 19.4. The Hall–Kier alpha value is -1.26. The Morgan fingerprint density at radius 3 is 2.57 bits per heavy atom. The predicted molar refractivity (Wildman–Crippen MR) is 43.6 cm³/mol. The summed E-state index contributed by atoms with van der Waals surface area (Å²) in [6, 6.07) is 1.79. The number of hydrogen-bond acceptors (Lipinski definition) is 1. The van der Waals surface area contributed by atoms with Crippen LogP contribution in [0, 0.1) is 5.82 Å². The largest absolute Gasteiger partial charge is 0.419 e. The summed E-state index contributed by atoms with van der Waals surface area (Å²) in [5.41, 5.74) is -0.208. The van der Waals surface area contributed by atoms with Crippen molar-refractivity contribution >= 4 is 5.69 Å². The zero-order chi connectivity index (χ0) is 10.3. The zero-order valence-electron chi connectivity index (χ0n) is 7.08. The molecule has 0 fully saturated rings. The van der Waals surface area contributed by atoms with E-state index in [9.17, 15) is 17.6 Å². The number of benzene rings is 1. The van der Waals surface area contributed by atoms with Crippen molar-refractivity contribution in [3.63, 3.8) is 0 Å². The van der Waals surface area contributed by atoms with E-state index in [4.69, 9.17) is 0 Å². The van der Waals surface area contributed by atoms with E-state index >= 15 is 0 Å². The van der Waals surface area contributed by atoms with E-state index in [1.807, 2.05) is 0 Å². The maximum Gasteiger partial charge on any atom is 0.419 e. The van der Waals surface area contributed by atoms with Gasteiger partial charge in [0.25, 0.3) is 0 Å². The second kappa shape index (κ2) is 2.87. The molecule has 1 aliphatic rings. The normalized spacial score (nSPS) is 15.1. The molecule has 0 radical (unpaired) electrons. The van der Waals surface area contributed by atoms with Crippen molar-refractivity contribution in [1.29, 1.82) is 0 Å². The molecule has 1 aromatic rings. The summed E-state index contributed by atoms with van der Waals surface area (Å²) in [6.45, 7) is 0.566. The number of halogens is 4. The number of anilines is 1. The fraction of sp³-hybridized carbons (Fsp3) is 0.333. The smallest absolute Gasteiger partial charge is 0.384 e. The third kappa shape index (κ3) is 1.42. The van der Waals surface area contributed by atoms with Crippen LogP contribution in [0.2, 0.25) is 0 Å². The lowest BCUT2D eigenvalue weighted by atomic mass is 10.1. The van der Waals surface area contributed by atoms with Crippen molar-refractivity contribution in [3.05, 3.63) is 29.1 Å². The molecule has 0 unspecified atom stereocenters. The number of nitrogens with one attached hydrogen (secondary N) is 1. The van der Waals surface area contributed by atoms with Crippen LogP contribution in [-0.2, 0) is 12.6 Å². The Morgan fingerprint density at radius 2 is 1.93 bits per heavy atom. The summed E-state index contributed by atoms with van der Waals surface area (Å²) in [6.07, 6.45) is -4.05. The van der Waals surface area contributed by atoms with E-state index < -0.39 is 17.6 Å². The summed E-state index contributed by atoms with van der Waals surface area (Å²) in [5, 5.41) is 2.77. The predicted octanol–water partition coefficient (Wildman–Crippen LogP) is 2.81. The van der Waals surface area contributed by atoms with Gasteiger partial charge >= 0.3 is 6.18 Å². The van der Waals surface area contributed by atoms with Gasteiger partial charge in [0.2, 0.25) is 0 Å². The Balaban J connectivity index is 2.53. The van der Waals surface area contributed by atoms with Gasteiger partial charge in [-0.3, -0.25) is 0 Å². The minimum absolute atomic E-state index is 0.388. The van der Waals surface area contributed by atoms with Crippen LogP contribution in [0.15, 0.2) is 12.1 Å². The van der Waals surface area contributed by atoms with Crippen molar-refractivity contribution in [2.45, 2.75) is 12.6 Å². The fourth-order valence-corrected chi connectivity index (χ4v) is 1.53. The monoisotopic (exact) mass is 205 g/mol. The van der Waals surface area contributed by atoms with Crippen molar-refractivity contribution < 1.29 is 17.6 Å². The minimum atomic E-state index is -4.62. The van der Waals surface area contributed by atoms with E-state index in [0.717, 1.165) is 12.1 Å². The average molecular weight is 205 g/mol. The molecule has 1 aromatic carbocycles. The summed E-state index contributed by atoms with van der Waals surface area (Å²) in [4.78, 5) is 0. The first-order valence-corrected chi connectivity index (χ1v) is 4.12. The molecule has 0 bridgehead atoms. The molecule has 14 heavy (non-hydrogen) atoms. The van der Waals surface area contributed by atoms with Gasteiger partial charge in [-0.25, -0.2) is 4.39 Å². The van der Waals surface area contributed by atoms with Gasteiger partial charge in [-0.15, -0.1) is 0 Å². The number of hydrogen-bond donors (Lipinski definition) is 1. The summed E-state index contributed by atoms with van der Waals surface area (Å²) in [5.74, 6) is -1.19. The molecule has 1 N–H and O–H groups in total. The van der Waals surface area contributed by atoms with Crippen LogP contribution < -0.4 is 5.32 Å². The zero-order valence-corrected chi connectivity index (χ0v) is 7.08. The third-order valence-corrected chi connectivity index (χ3v) is 2.21. The highest BCUT2D eigenvalue weighted by Gasteiger charge is 2.35. The van der Waals surface area contributed by atoms with Crippen LogP contribution >= 0.6 is 0 Å². The first-order chi connectivity index (χ1) is 6.48. The van der Waals surface area contributed by atoms with Crippen LogP contribution in [0.4, 0.5) is 23.2 Å². The van der Waals surface area contributed by atoms with Gasteiger partial charge in [-0.1, -0.05) is 0 Å². The molecule has 1 nitrogen and oxygen atoms in total. The molecule has 0 amide bonds. The van der Waals surface area contributed by atoms with Crippen LogP contribution in [0.1, 0.15) is 11.1 Å². The molecular weight excluding hydrogens is 198 g/mol. The summed E-state index contributed by atoms with van der Waals surface area (Å²) < 4.78 is 49.7. The van der Waals surface area contributed by atoms with Crippen LogP contribution in [0.5, 0.6) is 0 Å². The van der Waals surface area contributed by atoms with Gasteiger partial charge in [-0.2, -0.15) is 13.2 Å². The second-order valence-electron chi connectivity index (χ2n) is 3.16. The first kappa shape index (κ1) is 9.30. The van der Waals surface area contributed by atoms with E-state index in [1.54, 1.807) is 0 Å². The molecule has 1 heterocycles. The van der Waals surface area contributed by atoms with Crippen LogP contribution in [-0.4, -0.2) is 6.54 Å². The molecule has 2 rings (SSSR count).